The Balaban J connectivity index is 3.34. The van der Waals surface area contributed by atoms with E-state index in [4.69, 9.17) is 15.1 Å². The van der Waals surface area contributed by atoms with Crippen molar-refractivity contribution in [2.75, 3.05) is 6.61 Å². The molecule has 1 aromatic carbocycles. The van der Waals surface area contributed by atoms with Crippen molar-refractivity contribution in [1.82, 2.24) is 0 Å². The third-order valence-electron chi connectivity index (χ3n) is 2.48. The number of nitriles is 1. The zero-order valence-corrected chi connectivity index (χ0v) is 11.8. The van der Waals surface area contributed by atoms with Crippen LogP contribution in [0.3, 0.4) is 0 Å². The van der Waals surface area contributed by atoms with Crippen LogP contribution in [0.2, 0.25) is 0 Å². The molecule has 0 heterocycles. The van der Waals surface area contributed by atoms with Gasteiger partial charge >= 0.3 is 11.5 Å². The Kier molecular flexibility index (Phi) is 6.05. The fourth-order valence-electron chi connectivity index (χ4n) is 1.68. The average Bonchev–Trinajstić information content (AvgIpc) is 2.39. The molecule has 1 rings (SSSR count). The topological polar surface area (TPSA) is 70.3 Å². The highest BCUT2D eigenvalue weighted by Gasteiger charge is 2.33. The van der Waals surface area contributed by atoms with Gasteiger partial charge in [-0.05, 0) is 35.9 Å². The minimum Gasteiger partial charge on any atom is -0.466 e. The van der Waals surface area contributed by atoms with E-state index in [1.807, 2.05) is 0 Å². The summed E-state index contributed by atoms with van der Waals surface area (Å²) in [5.41, 5.74) is -4.71. The second-order valence-electron chi connectivity index (χ2n) is 3.88. The first-order valence-electron chi connectivity index (χ1n) is 5.89. The van der Waals surface area contributed by atoms with E-state index in [2.05, 4.69) is 0 Å². The van der Waals surface area contributed by atoms with Crippen LogP contribution in [0.15, 0.2) is 17.0 Å². The number of hydrogen-bond donors (Lipinski definition) is 1. The predicted molar refractivity (Wildman–Crippen MR) is 69.3 cm³/mol. The van der Waals surface area contributed by atoms with Gasteiger partial charge in [0.15, 0.2) is 0 Å². The fourth-order valence-corrected chi connectivity index (χ4v) is 2.48. The number of halogens is 3. The molecule has 4 nitrogen and oxygen atoms in total. The molecule has 1 aromatic rings. The molecule has 0 aliphatic heterocycles. The van der Waals surface area contributed by atoms with E-state index in [9.17, 15) is 18.0 Å². The van der Waals surface area contributed by atoms with Crippen molar-refractivity contribution < 1.29 is 27.8 Å². The number of aliphatic hydroxyl groups is 1. The molecule has 8 heteroatoms. The summed E-state index contributed by atoms with van der Waals surface area (Å²) in [5.74, 6) is -0.729. The summed E-state index contributed by atoms with van der Waals surface area (Å²) in [6.45, 7) is 1.03. The molecule has 21 heavy (non-hydrogen) atoms. The zero-order valence-electron chi connectivity index (χ0n) is 11.0. The molecule has 0 aromatic heterocycles. The van der Waals surface area contributed by atoms with Gasteiger partial charge in [0.2, 0.25) is 0 Å². The van der Waals surface area contributed by atoms with Crippen molar-refractivity contribution in [1.29, 1.82) is 5.26 Å². The lowest BCUT2D eigenvalue weighted by atomic mass is 10.0. The fraction of sp³-hybridized carbons (Fsp3) is 0.385. The number of carbonyl (C=O) groups is 1. The van der Waals surface area contributed by atoms with Crippen molar-refractivity contribution in [3.63, 3.8) is 0 Å². The maximum atomic E-state index is 12.6. The van der Waals surface area contributed by atoms with Gasteiger partial charge in [0.25, 0.3) is 0 Å². The summed E-state index contributed by atoms with van der Waals surface area (Å²) in [6.07, 6.45) is -0.455. The summed E-state index contributed by atoms with van der Waals surface area (Å²) in [4.78, 5) is 11.2. The third-order valence-corrected chi connectivity index (χ3v) is 3.42. The second-order valence-corrected chi connectivity index (χ2v) is 4.95. The van der Waals surface area contributed by atoms with Gasteiger partial charge in [0, 0.05) is 4.90 Å². The SMILES string of the molecule is CCOC(=O)Cc1c(C#N)ccc(CO)c1SC(F)(F)F. The first kappa shape index (κ1) is 17.3. The number of ether oxygens (including phenoxy) is 1. The molecular formula is C13H12F3NO3S. The Bertz CT molecular complexity index is 567. The number of aliphatic hydroxyl groups excluding tert-OH is 1. The van der Waals surface area contributed by atoms with Gasteiger partial charge in [0.05, 0.1) is 31.3 Å². The molecule has 0 atom stereocenters. The Morgan fingerprint density at radius 2 is 2.14 bits per heavy atom. The minimum absolute atomic E-state index is 0.00984. The average molecular weight is 319 g/mol. The largest absolute Gasteiger partial charge is 0.466 e. The quantitative estimate of drug-likeness (QED) is 0.667. The highest BCUT2D eigenvalue weighted by atomic mass is 32.2. The maximum absolute atomic E-state index is 12.6. The van der Waals surface area contributed by atoms with Crippen molar-refractivity contribution in [2.24, 2.45) is 0 Å². The number of benzene rings is 1. The van der Waals surface area contributed by atoms with E-state index in [0.29, 0.717) is 0 Å². The van der Waals surface area contributed by atoms with Crippen LogP contribution in [0, 0.1) is 11.3 Å². The van der Waals surface area contributed by atoms with Gasteiger partial charge in [-0.1, -0.05) is 6.07 Å². The van der Waals surface area contributed by atoms with Crippen LogP contribution in [0.1, 0.15) is 23.6 Å². The van der Waals surface area contributed by atoms with Gasteiger partial charge in [-0.2, -0.15) is 18.4 Å². The highest BCUT2D eigenvalue weighted by Crippen LogP contribution is 2.41. The number of rotatable bonds is 5. The van der Waals surface area contributed by atoms with Crippen molar-refractivity contribution >= 4 is 17.7 Å². The minimum atomic E-state index is -4.60. The standard InChI is InChI=1S/C13H12F3NO3S/c1-2-20-11(19)5-10-8(6-17)3-4-9(7-18)12(10)21-13(14,15)16/h3-4,18H,2,5,7H2,1H3. The van der Waals surface area contributed by atoms with Gasteiger partial charge in [-0.15, -0.1) is 0 Å². The van der Waals surface area contributed by atoms with Crippen LogP contribution >= 0.6 is 11.8 Å². The molecule has 0 radical (unpaired) electrons. The smallest absolute Gasteiger partial charge is 0.446 e. The van der Waals surface area contributed by atoms with Crippen LogP contribution in [0.25, 0.3) is 0 Å². The number of alkyl halides is 3. The molecular weight excluding hydrogens is 307 g/mol. The summed E-state index contributed by atoms with van der Waals surface area (Å²) < 4.78 is 42.6. The van der Waals surface area contributed by atoms with Crippen LogP contribution in [-0.4, -0.2) is 23.2 Å². The summed E-state index contributed by atoms with van der Waals surface area (Å²) >= 11 is -0.451. The molecule has 0 aliphatic carbocycles. The number of hydrogen-bond acceptors (Lipinski definition) is 5. The van der Waals surface area contributed by atoms with Crippen molar-refractivity contribution in [3.05, 3.63) is 28.8 Å². The van der Waals surface area contributed by atoms with Crippen molar-refractivity contribution in [3.8, 4) is 6.07 Å². The molecule has 114 valence electrons. The molecule has 0 spiro atoms. The Morgan fingerprint density at radius 3 is 2.62 bits per heavy atom. The number of carbonyl (C=O) groups excluding carboxylic acids is 1. The van der Waals surface area contributed by atoms with E-state index >= 15 is 0 Å². The predicted octanol–water partition coefficient (Wildman–Crippen LogP) is 2.77. The number of nitrogens with zero attached hydrogens (tertiary/aromatic N) is 1. The van der Waals surface area contributed by atoms with Crippen LogP contribution in [0.4, 0.5) is 13.2 Å². The lowest BCUT2D eigenvalue weighted by Crippen LogP contribution is -2.12. The molecule has 1 N–H and O–H groups in total. The third kappa shape index (κ3) is 4.95. The van der Waals surface area contributed by atoms with Gasteiger partial charge in [0.1, 0.15) is 0 Å². The molecule has 0 saturated carbocycles. The zero-order chi connectivity index (χ0) is 16.0. The van der Waals surface area contributed by atoms with E-state index in [1.165, 1.54) is 12.1 Å². The Labute approximate surface area is 123 Å². The van der Waals surface area contributed by atoms with E-state index < -0.39 is 36.3 Å². The second kappa shape index (κ2) is 7.33. The molecule has 0 saturated heterocycles. The Hall–Kier alpha value is -1.72. The van der Waals surface area contributed by atoms with E-state index in [1.54, 1.807) is 13.0 Å². The lowest BCUT2D eigenvalue weighted by molar-refractivity contribution is -0.142. The normalized spacial score (nSPS) is 11.0. The van der Waals surface area contributed by atoms with E-state index in [-0.39, 0.29) is 28.2 Å². The highest BCUT2D eigenvalue weighted by molar-refractivity contribution is 8.00. The summed E-state index contributed by atoms with van der Waals surface area (Å²) in [5, 5.41) is 18.2. The molecule has 0 fully saturated rings. The summed E-state index contributed by atoms with van der Waals surface area (Å²) in [6, 6.07) is 4.27. The van der Waals surface area contributed by atoms with Crippen LogP contribution in [-0.2, 0) is 22.6 Å². The van der Waals surface area contributed by atoms with Gasteiger partial charge in [-0.25, -0.2) is 0 Å². The monoisotopic (exact) mass is 319 g/mol. The summed E-state index contributed by atoms with van der Waals surface area (Å²) in [7, 11) is 0. The van der Waals surface area contributed by atoms with Gasteiger partial charge < -0.3 is 9.84 Å². The number of esters is 1. The Morgan fingerprint density at radius 1 is 1.48 bits per heavy atom. The molecule has 0 unspecified atom stereocenters. The first-order valence-corrected chi connectivity index (χ1v) is 6.71. The molecule has 0 aliphatic rings. The lowest BCUT2D eigenvalue weighted by Gasteiger charge is -2.15. The maximum Gasteiger partial charge on any atom is 0.446 e. The van der Waals surface area contributed by atoms with Crippen molar-refractivity contribution in [2.45, 2.75) is 30.4 Å². The molecule has 0 amide bonds. The van der Waals surface area contributed by atoms with E-state index in [0.717, 1.165) is 0 Å². The first-order chi connectivity index (χ1) is 9.82. The van der Waals surface area contributed by atoms with Crippen LogP contribution in [0.5, 0.6) is 0 Å². The van der Waals surface area contributed by atoms with Crippen LogP contribution < -0.4 is 0 Å². The number of thioether (sulfide) groups is 1. The van der Waals surface area contributed by atoms with Gasteiger partial charge in [-0.3, -0.25) is 4.79 Å². The molecule has 0 bridgehead atoms.